The van der Waals surface area contributed by atoms with E-state index in [0.29, 0.717) is 37.2 Å². The Morgan fingerprint density at radius 3 is 1.21 bits per heavy atom. The second kappa shape index (κ2) is 2.54. The molecule has 10 rings (SSSR count). The van der Waals surface area contributed by atoms with E-state index < -0.39 is 6.51 Å². The van der Waals surface area contributed by atoms with E-state index in [1.807, 2.05) is 0 Å². The molecule has 10 aliphatic rings. The van der Waals surface area contributed by atoms with Crippen LogP contribution >= 0.6 is 0 Å². The minimum atomic E-state index is -4.04. The molecule has 1 spiro atoms. The summed E-state index contributed by atoms with van der Waals surface area (Å²) < 4.78 is 9.66. The Kier molecular flexibility index (Phi) is 1.39. The van der Waals surface area contributed by atoms with Crippen LogP contribution in [0.3, 0.4) is 0 Å². The van der Waals surface area contributed by atoms with Crippen LogP contribution in [-0.2, 0) is 35.2 Å². The van der Waals surface area contributed by atoms with Crippen LogP contribution in [0.2, 0.25) is 47.2 Å². The van der Waals surface area contributed by atoms with Gasteiger partial charge in [0, 0.05) is 0 Å². The van der Waals surface area contributed by atoms with Crippen LogP contribution in [-0.4, -0.2) is 37.7 Å². The molecule has 0 saturated carbocycles. The Morgan fingerprint density at radius 2 is 0.909 bits per heavy atom. The fraction of sp³-hybridized carbons (Fsp3) is 0.846. The average molecular weight is 498 g/mol. The molecule has 0 radical (unpaired) electrons. The van der Waals surface area contributed by atoms with Crippen LogP contribution in [0.25, 0.3) is 0 Å². The zero-order valence-corrected chi connectivity index (χ0v) is 20.6. The molecule has 0 aromatic rings. The number of Topliss-reactive ketones (excluding diaryl/α,β-unsaturated/α-hetero) is 2. The van der Waals surface area contributed by atoms with Crippen molar-refractivity contribution in [2.75, 3.05) is 14.2 Å². The van der Waals surface area contributed by atoms with Crippen LogP contribution in [0.4, 0.5) is 0 Å². The summed E-state index contributed by atoms with van der Waals surface area (Å²) >= 11 is 0. The van der Waals surface area contributed by atoms with Crippen molar-refractivity contribution in [1.29, 1.82) is 0 Å². The summed E-state index contributed by atoms with van der Waals surface area (Å²) in [6.45, 7) is -4.04. The van der Waals surface area contributed by atoms with Crippen LogP contribution in [0, 0.1) is 0 Å². The monoisotopic (exact) mass is 498 g/mol. The van der Waals surface area contributed by atoms with E-state index in [1.54, 1.807) is 0 Å². The second-order valence-electron chi connectivity index (χ2n) is 14.9. The minimum absolute atomic E-state index is 0.108. The van der Waals surface area contributed by atoms with Gasteiger partial charge in [0.2, 0.25) is 0 Å². The quantitative estimate of drug-likeness (QED) is 0.179. The van der Waals surface area contributed by atoms with Gasteiger partial charge in [-0.25, -0.2) is 0 Å². The standard InChI is InChI=1S/2C13H17O3.Fe/c2*1-16-13(15)10-4-2-3-9-12(14)11-7-5-6-8-11;/h2*5-8H,2-4,9-10H2,1H3;. The Bertz CT molecular complexity index is 1370. The summed E-state index contributed by atoms with van der Waals surface area (Å²) in [5.41, 5.74) is 0. The van der Waals surface area contributed by atoms with E-state index in [0.717, 1.165) is 77.1 Å². The van der Waals surface area contributed by atoms with E-state index in [2.05, 4.69) is 0 Å². The van der Waals surface area contributed by atoms with Gasteiger partial charge in [-0.3, -0.25) is 0 Å². The topological polar surface area (TPSA) is 86.7 Å². The summed E-state index contributed by atoms with van der Waals surface area (Å²) in [5, 5.41) is 0. The van der Waals surface area contributed by atoms with Gasteiger partial charge in [-0.15, -0.1) is 0 Å². The summed E-state index contributed by atoms with van der Waals surface area (Å²) in [6.07, 6.45) is 7.50. The van der Waals surface area contributed by atoms with Crippen molar-refractivity contribution in [3.05, 3.63) is 0 Å². The Labute approximate surface area is 184 Å². The molecule has 10 fully saturated rings. The zero-order valence-electron chi connectivity index (χ0n) is 19.5. The number of hydrogen-bond acceptors (Lipinski definition) is 6. The van der Waals surface area contributed by atoms with Gasteiger partial charge in [0.15, 0.2) is 0 Å². The van der Waals surface area contributed by atoms with Gasteiger partial charge in [0.1, 0.15) is 0 Å². The van der Waals surface area contributed by atoms with Gasteiger partial charge in [0.05, 0.1) is 0 Å². The average Bonchev–Trinajstić information content (AvgIpc) is 3.76. The molecule has 7 heteroatoms. The molecule has 0 aliphatic carbocycles. The fourth-order valence-corrected chi connectivity index (χ4v) is 96.2. The molecule has 8 unspecified atom stereocenters. The number of unbranched alkanes of at least 4 members (excludes halogenated alkanes) is 4. The van der Waals surface area contributed by atoms with Gasteiger partial charge < -0.3 is 0 Å². The summed E-state index contributed by atoms with van der Waals surface area (Å²) in [7, 11) is 2.85. The molecule has 0 N–H and O–H groups in total. The van der Waals surface area contributed by atoms with Gasteiger partial charge >= 0.3 is 184 Å². The summed E-state index contributed by atoms with van der Waals surface area (Å²) in [6, 6.07) is 0. The van der Waals surface area contributed by atoms with Crippen LogP contribution in [0.15, 0.2) is 0 Å². The number of fused-ring (bicyclic) bond motifs is 10. The third-order valence-electron chi connectivity index (χ3n) is 18.7. The third-order valence-corrected chi connectivity index (χ3v) is 61.5. The fourth-order valence-electron chi connectivity index (χ4n) is 20.1. The molecule has 0 aromatic heterocycles. The number of carbonyl (C=O) groups excluding carboxylic acids is 4. The maximum absolute atomic E-state index is 13.9. The number of carbonyl (C=O) groups is 4. The first-order valence-electron chi connectivity index (χ1n) is 13.1. The van der Waals surface area contributed by atoms with Crippen molar-refractivity contribution < 1.29 is 35.2 Å². The van der Waals surface area contributed by atoms with Gasteiger partial charge in [0.25, 0.3) is 0 Å². The van der Waals surface area contributed by atoms with Crippen LogP contribution in [0.1, 0.15) is 64.2 Å². The number of ether oxygens (including phenoxy) is 2. The SMILES string of the molecule is COC(=O)CCCCCC(=O)[C]12[CH]3[CH]4[CH]5[CH]1[Fe]45321678[CH]2[CH]1[CH]6[C]7(C(=O)CCCCCC(=O)OC)[CH]28. The second-order valence-corrected chi connectivity index (χ2v) is 38.1. The van der Waals surface area contributed by atoms with E-state index >= 15 is 0 Å². The van der Waals surface area contributed by atoms with E-state index in [-0.39, 0.29) is 20.6 Å². The van der Waals surface area contributed by atoms with Crippen molar-refractivity contribution in [2.24, 2.45) is 0 Å². The van der Waals surface area contributed by atoms with Crippen molar-refractivity contribution >= 4 is 23.5 Å². The summed E-state index contributed by atoms with van der Waals surface area (Å²) in [5.74, 6) is 0.863. The number of rotatable bonds is 14. The Hall–Kier alpha value is -1.20. The molecule has 33 heavy (non-hydrogen) atoms. The van der Waals surface area contributed by atoms with Crippen molar-refractivity contribution in [2.45, 2.75) is 111 Å². The number of ketones is 2. The maximum atomic E-state index is 13.9. The predicted molar refractivity (Wildman–Crippen MR) is 116 cm³/mol. The molecule has 10 saturated heterocycles. The Balaban J connectivity index is 0.889. The molecular weight excluding hydrogens is 464 g/mol. The molecule has 0 bridgehead atoms. The number of methoxy groups -OCH3 is 2. The normalized spacial score (nSPS) is 68.8. The molecule has 8 atom stereocenters. The van der Waals surface area contributed by atoms with E-state index in [1.165, 1.54) is 14.2 Å². The molecule has 182 valence electrons. The van der Waals surface area contributed by atoms with Crippen LogP contribution < -0.4 is 0 Å². The third kappa shape index (κ3) is 0.387. The molecule has 0 aromatic carbocycles. The van der Waals surface area contributed by atoms with Crippen LogP contribution in [0.5, 0.6) is 0 Å². The van der Waals surface area contributed by atoms with Crippen molar-refractivity contribution in [3.63, 3.8) is 0 Å². The van der Waals surface area contributed by atoms with E-state index in [4.69, 9.17) is 9.47 Å². The predicted octanol–water partition coefficient (Wildman–Crippen LogP) is 5.50. The number of esters is 2. The molecule has 6 nitrogen and oxygen atoms in total. The van der Waals surface area contributed by atoms with E-state index in [9.17, 15) is 19.2 Å². The Morgan fingerprint density at radius 1 is 0.576 bits per heavy atom. The van der Waals surface area contributed by atoms with Gasteiger partial charge in [-0.2, -0.15) is 0 Å². The van der Waals surface area contributed by atoms with Crippen molar-refractivity contribution in [3.8, 4) is 0 Å². The zero-order chi connectivity index (χ0) is 22.7. The van der Waals surface area contributed by atoms with Crippen molar-refractivity contribution in [1.82, 2.24) is 0 Å². The van der Waals surface area contributed by atoms with Gasteiger partial charge in [-0.1, -0.05) is 0 Å². The first-order valence-corrected chi connectivity index (χ1v) is 19.3. The van der Waals surface area contributed by atoms with Gasteiger partial charge in [-0.05, 0) is 0 Å². The first-order chi connectivity index (χ1) is 15.7. The molecule has 10 aliphatic heterocycles. The first kappa shape index (κ1) is 18.1. The molecular formula is C26H34FeO6. The molecule has 10 heterocycles. The molecule has 0 amide bonds. The summed E-state index contributed by atoms with van der Waals surface area (Å²) in [4.78, 5) is 57.3. The number of hydrogen-bond donors (Lipinski definition) is 0.